The van der Waals surface area contributed by atoms with E-state index in [-0.39, 0.29) is 11.7 Å². The fraction of sp³-hybridized carbons (Fsp3) is 0.259. The van der Waals surface area contributed by atoms with E-state index in [9.17, 15) is 9.18 Å². The van der Waals surface area contributed by atoms with Crippen LogP contribution in [-0.4, -0.2) is 56.1 Å². The molecule has 0 saturated carbocycles. The Morgan fingerprint density at radius 2 is 1.47 bits per heavy atom. The summed E-state index contributed by atoms with van der Waals surface area (Å²) in [6.07, 6.45) is 0.532. The zero-order chi connectivity index (χ0) is 23.5. The van der Waals surface area contributed by atoms with Gasteiger partial charge in [0, 0.05) is 32.6 Å². The maximum absolute atomic E-state index is 14.3. The lowest BCUT2D eigenvalue weighted by atomic mass is 10.1. The van der Waals surface area contributed by atoms with E-state index in [1.54, 1.807) is 24.1 Å². The van der Waals surface area contributed by atoms with Gasteiger partial charge < -0.3 is 14.5 Å². The number of amides is 1. The summed E-state index contributed by atoms with van der Waals surface area (Å²) in [5, 5.41) is 0. The molecule has 7 heteroatoms. The number of nitrogens with zero attached hydrogens (tertiary/aromatic N) is 4. The molecular weight excluding hydrogens is 431 g/mol. The molecule has 0 N–H and O–H groups in total. The van der Waals surface area contributed by atoms with Crippen molar-refractivity contribution in [2.45, 2.75) is 12.5 Å². The van der Waals surface area contributed by atoms with Crippen LogP contribution in [0.3, 0.4) is 0 Å². The molecule has 6 nitrogen and oxygen atoms in total. The Labute approximate surface area is 198 Å². The van der Waals surface area contributed by atoms with Crippen LogP contribution in [0.1, 0.15) is 5.56 Å². The molecule has 1 fully saturated rings. The van der Waals surface area contributed by atoms with Crippen molar-refractivity contribution in [3.8, 4) is 5.75 Å². The van der Waals surface area contributed by atoms with Crippen molar-refractivity contribution in [3.05, 3.63) is 90.2 Å². The van der Waals surface area contributed by atoms with Gasteiger partial charge >= 0.3 is 0 Å². The molecular formula is C27H27FN4O2. The van der Waals surface area contributed by atoms with Gasteiger partial charge in [0.15, 0.2) is 0 Å². The molecule has 1 amide bonds. The van der Waals surface area contributed by atoms with Gasteiger partial charge in [0.2, 0.25) is 5.96 Å². The van der Waals surface area contributed by atoms with Crippen molar-refractivity contribution in [1.29, 1.82) is 0 Å². The minimum absolute atomic E-state index is 0.0695. The van der Waals surface area contributed by atoms with Gasteiger partial charge in [0.05, 0.1) is 18.5 Å². The van der Waals surface area contributed by atoms with E-state index in [0.717, 1.165) is 5.56 Å². The molecule has 0 aromatic heterocycles. The number of anilines is 2. The van der Waals surface area contributed by atoms with Crippen LogP contribution in [-0.2, 0) is 11.2 Å². The summed E-state index contributed by atoms with van der Waals surface area (Å²) in [7, 11) is 1.60. The second kappa shape index (κ2) is 9.55. The molecule has 3 aromatic rings. The first kappa shape index (κ1) is 21.9. The van der Waals surface area contributed by atoms with Crippen LogP contribution in [0, 0.1) is 5.82 Å². The van der Waals surface area contributed by atoms with Gasteiger partial charge in [-0.25, -0.2) is 14.3 Å². The molecule has 174 valence electrons. The average molecular weight is 459 g/mol. The summed E-state index contributed by atoms with van der Waals surface area (Å²) in [6.45, 7) is 2.53. The van der Waals surface area contributed by atoms with Gasteiger partial charge in [-0.15, -0.1) is 0 Å². The van der Waals surface area contributed by atoms with E-state index in [1.165, 1.54) is 6.07 Å². The van der Waals surface area contributed by atoms with E-state index in [0.29, 0.717) is 55.7 Å². The largest absolute Gasteiger partial charge is 0.495 e. The van der Waals surface area contributed by atoms with Crippen molar-refractivity contribution in [2.75, 3.05) is 43.1 Å². The lowest BCUT2D eigenvalue weighted by Gasteiger charge is -2.38. The second-order valence-electron chi connectivity index (χ2n) is 8.41. The highest BCUT2D eigenvalue weighted by Gasteiger charge is 2.40. The Morgan fingerprint density at radius 3 is 2.18 bits per heavy atom. The van der Waals surface area contributed by atoms with Crippen LogP contribution in [0.15, 0.2) is 83.9 Å². The molecule has 1 atom stereocenters. The molecule has 0 radical (unpaired) electrons. The van der Waals surface area contributed by atoms with Crippen molar-refractivity contribution in [3.63, 3.8) is 0 Å². The van der Waals surface area contributed by atoms with Crippen LogP contribution in [0.25, 0.3) is 0 Å². The number of benzene rings is 3. The molecule has 0 bridgehead atoms. The molecule has 5 rings (SSSR count). The Kier molecular flexibility index (Phi) is 6.16. The first-order chi connectivity index (χ1) is 16.7. The molecule has 3 aromatic carbocycles. The molecule has 1 saturated heterocycles. The fourth-order valence-electron chi connectivity index (χ4n) is 4.59. The number of carbonyl (C=O) groups is 1. The molecule has 2 aliphatic rings. The van der Waals surface area contributed by atoms with Gasteiger partial charge in [-0.3, -0.25) is 4.79 Å². The van der Waals surface area contributed by atoms with Crippen molar-refractivity contribution in [2.24, 2.45) is 4.99 Å². The van der Waals surface area contributed by atoms with Gasteiger partial charge in [-0.2, -0.15) is 0 Å². The van der Waals surface area contributed by atoms with Crippen LogP contribution >= 0.6 is 0 Å². The third kappa shape index (κ3) is 4.21. The number of hydrogen-bond acceptors (Lipinski definition) is 5. The summed E-state index contributed by atoms with van der Waals surface area (Å²) in [5.74, 6) is 0.959. The highest BCUT2D eigenvalue weighted by molar-refractivity contribution is 6.22. The number of piperazine rings is 1. The molecule has 34 heavy (non-hydrogen) atoms. The average Bonchev–Trinajstić information content (AvgIpc) is 3.20. The van der Waals surface area contributed by atoms with Crippen LogP contribution < -0.4 is 14.5 Å². The van der Waals surface area contributed by atoms with E-state index in [2.05, 4.69) is 4.90 Å². The van der Waals surface area contributed by atoms with Gasteiger partial charge in [0.1, 0.15) is 17.6 Å². The smallest absolute Gasteiger partial charge is 0.259 e. The van der Waals surface area contributed by atoms with Gasteiger partial charge in [0.25, 0.3) is 5.91 Å². The number of methoxy groups -OCH3 is 1. The Morgan fingerprint density at radius 1 is 0.853 bits per heavy atom. The standard InChI is InChI=1S/C27H27FN4O2/c1-34-25-14-8-7-13-24(25)32-26(33)22(19-20-9-3-2-4-10-20)29-27(32)31-17-15-30(16-18-31)23-12-6-5-11-21(23)28/h2-14,22H,15-19H2,1H3. The molecule has 0 aliphatic carbocycles. The summed E-state index contributed by atoms with van der Waals surface area (Å²) < 4.78 is 19.9. The lowest BCUT2D eigenvalue weighted by Crippen LogP contribution is -2.53. The predicted molar refractivity (Wildman–Crippen MR) is 132 cm³/mol. The van der Waals surface area contributed by atoms with E-state index in [4.69, 9.17) is 9.73 Å². The monoisotopic (exact) mass is 458 g/mol. The van der Waals surface area contributed by atoms with Crippen molar-refractivity contribution in [1.82, 2.24) is 4.90 Å². The maximum atomic E-state index is 14.3. The third-order valence-corrected chi connectivity index (χ3v) is 6.33. The van der Waals surface area contributed by atoms with Gasteiger partial charge in [-0.05, 0) is 29.8 Å². The van der Waals surface area contributed by atoms with E-state index >= 15 is 0 Å². The second-order valence-corrected chi connectivity index (χ2v) is 8.41. The van der Waals surface area contributed by atoms with Crippen molar-refractivity contribution >= 4 is 23.2 Å². The summed E-state index contributed by atoms with van der Waals surface area (Å²) >= 11 is 0. The fourth-order valence-corrected chi connectivity index (χ4v) is 4.59. The molecule has 2 heterocycles. The van der Waals surface area contributed by atoms with E-state index in [1.807, 2.05) is 65.6 Å². The number of para-hydroxylation sites is 3. The third-order valence-electron chi connectivity index (χ3n) is 6.33. The van der Waals surface area contributed by atoms with Crippen molar-refractivity contribution < 1.29 is 13.9 Å². The first-order valence-electron chi connectivity index (χ1n) is 11.5. The van der Waals surface area contributed by atoms with Crippen LogP contribution in [0.2, 0.25) is 0 Å². The SMILES string of the molecule is COc1ccccc1N1C(=O)C(Cc2ccccc2)N=C1N1CCN(c2ccccc2F)CC1. The van der Waals surface area contributed by atoms with E-state index < -0.39 is 6.04 Å². The zero-order valence-corrected chi connectivity index (χ0v) is 19.1. The Balaban J connectivity index is 1.43. The molecule has 2 aliphatic heterocycles. The van der Waals surface area contributed by atoms with Gasteiger partial charge in [-0.1, -0.05) is 54.6 Å². The number of rotatable bonds is 5. The highest BCUT2D eigenvalue weighted by Crippen LogP contribution is 2.33. The number of aliphatic imine (C=N–C) groups is 1. The first-order valence-corrected chi connectivity index (χ1v) is 11.5. The Bertz CT molecular complexity index is 1190. The summed E-state index contributed by atoms with van der Waals surface area (Å²) in [6, 6.07) is 23.8. The summed E-state index contributed by atoms with van der Waals surface area (Å²) in [4.78, 5) is 24.4. The quantitative estimate of drug-likeness (QED) is 0.581. The number of guanidine groups is 1. The number of hydrogen-bond donors (Lipinski definition) is 0. The number of carbonyl (C=O) groups excluding carboxylic acids is 1. The molecule has 0 spiro atoms. The molecule has 1 unspecified atom stereocenters. The summed E-state index contributed by atoms with van der Waals surface area (Å²) in [5.41, 5.74) is 2.35. The van der Waals surface area contributed by atoms with Crippen LogP contribution in [0.4, 0.5) is 15.8 Å². The topological polar surface area (TPSA) is 48.4 Å². The minimum atomic E-state index is -0.507. The zero-order valence-electron chi connectivity index (χ0n) is 19.1. The maximum Gasteiger partial charge on any atom is 0.259 e. The predicted octanol–water partition coefficient (Wildman–Crippen LogP) is 3.97. The lowest BCUT2D eigenvalue weighted by molar-refractivity contribution is -0.118. The Hall–Kier alpha value is -3.87. The normalized spacial score (nSPS) is 18.3. The number of halogens is 1. The van der Waals surface area contributed by atoms with Crippen LogP contribution in [0.5, 0.6) is 5.75 Å². The number of ether oxygens (including phenoxy) is 1. The minimum Gasteiger partial charge on any atom is -0.495 e. The highest BCUT2D eigenvalue weighted by atomic mass is 19.1.